The van der Waals surface area contributed by atoms with Crippen molar-refractivity contribution in [3.05, 3.63) is 34.9 Å². The first-order chi connectivity index (χ1) is 10.7. The maximum absolute atomic E-state index is 12.3. The highest BCUT2D eigenvalue weighted by atomic mass is 16.6. The molecular weight excluding hydrogens is 290 g/mol. The summed E-state index contributed by atoms with van der Waals surface area (Å²) in [5.74, 6) is 0.0995. The molecule has 1 aliphatic rings. The van der Waals surface area contributed by atoms with Crippen molar-refractivity contribution in [2.45, 2.75) is 53.1 Å². The number of Topliss-reactive ketones (excluding diaryl/α,β-unsaturated/α-hetero) is 1. The van der Waals surface area contributed by atoms with Gasteiger partial charge in [-0.25, -0.2) is 4.79 Å². The molecule has 1 fully saturated rings. The van der Waals surface area contributed by atoms with Gasteiger partial charge in [-0.3, -0.25) is 4.79 Å². The summed E-state index contributed by atoms with van der Waals surface area (Å²) in [5, 5.41) is 0. The van der Waals surface area contributed by atoms with Crippen molar-refractivity contribution in [1.82, 2.24) is 4.90 Å². The molecule has 0 radical (unpaired) electrons. The molecule has 0 spiro atoms. The minimum atomic E-state index is -0.513. The Morgan fingerprint density at radius 1 is 1.30 bits per heavy atom. The van der Waals surface area contributed by atoms with Crippen molar-refractivity contribution in [2.75, 3.05) is 13.1 Å². The number of piperidine rings is 1. The van der Waals surface area contributed by atoms with Crippen LogP contribution in [-0.4, -0.2) is 35.5 Å². The summed E-state index contributed by atoms with van der Waals surface area (Å²) in [4.78, 5) is 26.2. The molecule has 1 heterocycles. The molecule has 4 nitrogen and oxygen atoms in total. The Bertz CT molecular complexity index is 601. The number of ether oxygens (including phenoxy) is 1. The number of nitrogens with zero attached hydrogens (tertiary/aromatic N) is 1. The molecule has 1 aromatic carbocycles. The summed E-state index contributed by atoms with van der Waals surface area (Å²) in [6.07, 6.45) is 0.774. The van der Waals surface area contributed by atoms with Crippen LogP contribution in [0.25, 0.3) is 0 Å². The van der Waals surface area contributed by atoms with Crippen molar-refractivity contribution in [2.24, 2.45) is 5.92 Å². The van der Waals surface area contributed by atoms with Gasteiger partial charge in [-0.1, -0.05) is 23.8 Å². The van der Waals surface area contributed by atoms with Gasteiger partial charge in [0.2, 0.25) is 0 Å². The zero-order valence-corrected chi connectivity index (χ0v) is 14.8. The lowest BCUT2D eigenvalue weighted by atomic mass is 9.88. The van der Waals surface area contributed by atoms with Crippen LogP contribution in [0, 0.1) is 19.8 Å². The van der Waals surface area contributed by atoms with Gasteiger partial charge in [0.25, 0.3) is 0 Å². The van der Waals surface area contributed by atoms with E-state index in [4.69, 9.17) is 4.74 Å². The molecule has 1 aromatic rings. The van der Waals surface area contributed by atoms with Gasteiger partial charge in [0.05, 0.1) is 0 Å². The summed E-state index contributed by atoms with van der Waals surface area (Å²) < 4.78 is 5.43. The predicted octanol–water partition coefficient (Wildman–Crippen LogP) is 3.67. The number of hydrogen-bond acceptors (Lipinski definition) is 3. The second kappa shape index (κ2) is 6.73. The Balaban J connectivity index is 2.08. The van der Waals surface area contributed by atoms with Gasteiger partial charge in [-0.05, 0) is 52.2 Å². The monoisotopic (exact) mass is 317 g/mol. The lowest BCUT2D eigenvalue weighted by Crippen LogP contribution is -2.46. The molecule has 126 valence electrons. The number of carbonyl (C=O) groups is 2. The largest absolute Gasteiger partial charge is 0.444 e. The number of likely N-dealkylation sites (tertiary alicyclic amines) is 1. The Labute approximate surface area is 138 Å². The van der Waals surface area contributed by atoms with Gasteiger partial charge in [0, 0.05) is 25.4 Å². The minimum Gasteiger partial charge on any atom is -0.444 e. The van der Waals surface area contributed by atoms with Crippen LogP contribution in [-0.2, 0) is 16.0 Å². The van der Waals surface area contributed by atoms with Crippen molar-refractivity contribution < 1.29 is 14.3 Å². The van der Waals surface area contributed by atoms with Crippen LogP contribution in [0.5, 0.6) is 0 Å². The number of benzene rings is 1. The van der Waals surface area contributed by atoms with Gasteiger partial charge in [0.1, 0.15) is 11.4 Å². The quantitative estimate of drug-likeness (QED) is 0.836. The van der Waals surface area contributed by atoms with Gasteiger partial charge in [0.15, 0.2) is 0 Å². The molecule has 1 aliphatic heterocycles. The fourth-order valence-electron chi connectivity index (χ4n) is 2.86. The van der Waals surface area contributed by atoms with E-state index in [1.165, 1.54) is 16.7 Å². The van der Waals surface area contributed by atoms with Crippen LogP contribution in [0.4, 0.5) is 4.79 Å². The van der Waals surface area contributed by atoms with Crippen molar-refractivity contribution in [1.29, 1.82) is 0 Å². The van der Waals surface area contributed by atoms with Crippen molar-refractivity contribution in [3.63, 3.8) is 0 Å². The molecule has 2 rings (SSSR count). The van der Waals surface area contributed by atoms with E-state index in [-0.39, 0.29) is 17.8 Å². The molecule has 0 aliphatic carbocycles. The highest BCUT2D eigenvalue weighted by Gasteiger charge is 2.32. The number of carbonyl (C=O) groups excluding carboxylic acids is 2. The molecule has 1 saturated heterocycles. The van der Waals surface area contributed by atoms with E-state index in [1.54, 1.807) is 4.90 Å². The lowest BCUT2D eigenvalue weighted by Gasteiger charge is -2.33. The smallest absolute Gasteiger partial charge is 0.410 e. The van der Waals surface area contributed by atoms with E-state index in [2.05, 4.69) is 32.0 Å². The molecule has 0 bridgehead atoms. The van der Waals surface area contributed by atoms with Crippen LogP contribution < -0.4 is 0 Å². The molecule has 0 N–H and O–H groups in total. The summed E-state index contributed by atoms with van der Waals surface area (Å²) >= 11 is 0. The molecule has 1 atom stereocenters. The highest BCUT2D eigenvalue weighted by Crippen LogP contribution is 2.22. The van der Waals surface area contributed by atoms with Crippen LogP contribution in [0.2, 0.25) is 0 Å². The van der Waals surface area contributed by atoms with Gasteiger partial charge < -0.3 is 9.64 Å². The molecule has 1 amide bonds. The maximum Gasteiger partial charge on any atom is 0.410 e. The van der Waals surface area contributed by atoms with E-state index < -0.39 is 5.60 Å². The predicted molar refractivity (Wildman–Crippen MR) is 90.5 cm³/mol. The van der Waals surface area contributed by atoms with Crippen molar-refractivity contribution in [3.8, 4) is 0 Å². The van der Waals surface area contributed by atoms with E-state index in [0.29, 0.717) is 25.9 Å². The summed E-state index contributed by atoms with van der Waals surface area (Å²) in [6, 6.07) is 6.30. The second-order valence-electron chi connectivity index (χ2n) is 7.47. The fourth-order valence-corrected chi connectivity index (χ4v) is 2.86. The zero-order chi connectivity index (χ0) is 17.2. The third-order valence-electron chi connectivity index (χ3n) is 4.15. The third-order valence-corrected chi connectivity index (χ3v) is 4.15. The van der Waals surface area contributed by atoms with E-state index in [1.807, 2.05) is 20.8 Å². The number of rotatable bonds is 2. The first kappa shape index (κ1) is 17.5. The Kier molecular flexibility index (Phi) is 5.12. The normalized spacial score (nSPS) is 18.9. The molecule has 23 heavy (non-hydrogen) atoms. The van der Waals surface area contributed by atoms with Gasteiger partial charge >= 0.3 is 6.09 Å². The maximum atomic E-state index is 12.3. The summed E-state index contributed by atoms with van der Waals surface area (Å²) in [5.41, 5.74) is 3.06. The van der Waals surface area contributed by atoms with Crippen molar-refractivity contribution >= 4 is 11.9 Å². The molecule has 1 unspecified atom stereocenters. The van der Waals surface area contributed by atoms with E-state index in [0.717, 1.165) is 0 Å². The second-order valence-corrected chi connectivity index (χ2v) is 7.47. The first-order valence-corrected chi connectivity index (χ1v) is 8.22. The fraction of sp³-hybridized carbons (Fsp3) is 0.579. The Morgan fingerprint density at radius 3 is 2.65 bits per heavy atom. The first-order valence-electron chi connectivity index (χ1n) is 8.22. The molecular formula is C19H27NO3. The average molecular weight is 317 g/mol. The zero-order valence-electron chi connectivity index (χ0n) is 14.8. The van der Waals surface area contributed by atoms with Crippen LogP contribution >= 0.6 is 0 Å². The Morgan fingerprint density at radius 2 is 2.00 bits per heavy atom. The standard InChI is InChI=1S/C19H27NO3/c1-13-6-7-14(2)15(10-13)11-16-12-20(9-8-17(16)21)18(22)23-19(3,4)5/h6-7,10,16H,8-9,11-12H2,1-5H3. The summed E-state index contributed by atoms with van der Waals surface area (Å²) in [7, 11) is 0. The molecule has 0 aromatic heterocycles. The van der Waals surface area contributed by atoms with E-state index >= 15 is 0 Å². The number of aryl methyl sites for hydroxylation is 2. The number of hydrogen-bond donors (Lipinski definition) is 0. The average Bonchev–Trinajstić information content (AvgIpc) is 2.43. The van der Waals surface area contributed by atoms with Crippen LogP contribution in [0.15, 0.2) is 18.2 Å². The van der Waals surface area contributed by atoms with E-state index in [9.17, 15) is 9.59 Å². The number of ketones is 1. The molecule has 4 heteroatoms. The third kappa shape index (κ3) is 4.81. The highest BCUT2D eigenvalue weighted by molar-refractivity contribution is 5.84. The van der Waals surface area contributed by atoms with Gasteiger partial charge in [-0.15, -0.1) is 0 Å². The van der Waals surface area contributed by atoms with Crippen LogP contribution in [0.3, 0.4) is 0 Å². The topological polar surface area (TPSA) is 46.6 Å². The lowest BCUT2D eigenvalue weighted by molar-refractivity contribution is -0.125. The Hall–Kier alpha value is -1.84. The van der Waals surface area contributed by atoms with Crippen LogP contribution in [0.1, 0.15) is 43.9 Å². The SMILES string of the molecule is Cc1ccc(C)c(CC2CN(C(=O)OC(C)(C)C)CCC2=O)c1. The number of amides is 1. The van der Waals surface area contributed by atoms with Gasteiger partial charge in [-0.2, -0.15) is 0 Å². The summed E-state index contributed by atoms with van der Waals surface area (Å²) in [6.45, 7) is 10.6. The molecule has 0 saturated carbocycles. The minimum absolute atomic E-state index is 0.142.